The molecule has 1 aromatic rings. The quantitative estimate of drug-likeness (QED) is 0.918. The molecule has 1 atom stereocenters. The second kappa shape index (κ2) is 6.55. The molecule has 0 aliphatic carbocycles. The van der Waals surface area contributed by atoms with Gasteiger partial charge in [0.1, 0.15) is 0 Å². The number of carboxylic acid groups (broad SMARTS) is 1. The molecule has 1 amide bonds. The lowest BCUT2D eigenvalue weighted by molar-refractivity contribution is -0.143. The predicted octanol–water partition coefficient (Wildman–Crippen LogP) is 2.57. The van der Waals surface area contributed by atoms with Crippen LogP contribution >= 0.6 is 0 Å². The summed E-state index contributed by atoms with van der Waals surface area (Å²) in [5, 5.41) is 9.43. The summed E-state index contributed by atoms with van der Waals surface area (Å²) in [6, 6.07) is 7.39. The lowest BCUT2D eigenvalue weighted by Gasteiger charge is -2.28. The number of benzene rings is 1. The molecule has 20 heavy (non-hydrogen) atoms. The van der Waals surface area contributed by atoms with Crippen molar-refractivity contribution in [2.45, 2.75) is 38.5 Å². The minimum absolute atomic E-state index is 0.0413. The first kappa shape index (κ1) is 14.6. The first-order valence-electron chi connectivity index (χ1n) is 7.15. The molecule has 1 aliphatic heterocycles. The van der Waals surface area contributed by atoms with Crippen LogP contribution in [0.15, 0.2) is 24.3 Å². The summed E-state index contributed by atoms with van der Waals surface area (Å²) in [4.78, 5) is 25.6. The van der Waals surface area contributed by atoms with Crippen molar-refractivity contribution in [3.8, 4) is 0 Å². The average molecular weight is 275 g/mol. The minimum atomic E-state index is -0.926. The molecule has 4 heteroatoms. The Kier molecular flexibility index (Phi) is 4.77. The van der Waals surface area contributed by atoms with Gasteiger partial charge in [0.2, 0.25) is 5.91 Å². The molecule has 0 bridgehead atoms. The summed E-state index contributed by atoms with van der Waals surface area (Å²) in [7, 11) is 0. The molecule has 1 unspecified atom stereocenters. The van der Waals surface area contributed by atoms with Crippen LogP contribution in [0, 0.1) is 6.92 Å². The zero-order valence-electron chi connectivity index (χ0n) is 11.8. The van der Waals surface area contributed by atoms with Crippen LogP contribution in [-0.4, -0.2) is 35.0 Å². The number of aryl methyl sites for hydroxylation is 1. The van der Waals surface area contributed by atoms with Gasteiger partial charge in [-0.2, -0.15) is 0 Å². The van der Waals surface area contributed by atoms with E-state index in [-0.39, 0.29) is 12.3 Å². The van der Waals surface area contributed by atoms with Crippen molar-refractivity contribution in [1.82, 2.24) is 4.90 Å². The standard InChI is InChI=1S/C16H21NO3/c1-12-7-3-4-8-13(12)14(16(19)20)11-15(18)17-9-5-2-6-10-17/h3-4,7-8,14H,2,5-6,9-11H2,1H3,(H,19,20). The highest BCUT2D eigenvalue weighted by atomic mass is 16.4. The number of hydrogen-bond donors (Lipinski definition) is 1. The fourth-order valence-electron chi connectivity index (χ4n) is 2.76. The largest absolute Gasteiger partial charge is 0.481 e. The van der Waals surface area contributed by atoms with Crippen molar-refractivity contribution in [1.29, 1.82) is 0 Å². The lowest BCUT2D eigenvalue weighted by atomic mass is 9.91. The van der Waals surface area contributed by atoms with Crippen LogP contribution in [0.4, 0.5) is 0 Å². The summed E-state index contributed by atoms with van der Waals surface area (Å²) in [6.07, 6.45) is 3.26. The van der Waals surface area contributed by atoms with E-state index >= 15 is 0 Å². The zero-order valence-corrected chi connectivity index (χ0v) is 11.8. The number of likely N-dealkylation sites (tertiary alicyclic amines) is 1. The third kappa shape index (κ3) is 3.38. The van der Waals surface area contributed by atoms with E-state index in [0.717, 1.165) is 43.5 Å². The minimum Gasteiger partial charge on any atom is -0.481 e. The first-order valence-corrected chi connectivity index (χ1v) is 7.15. The number of carbonyl (C=O) groups is 2. The fraction of sp³-hybridized carbons (Fsp3) is 0.500. The number of aliphatic carboxylic acids is 1. The van der Waals surface area contributed by atoms with Crippen LogP contribution in [0.2, 0.25) is 0 Å². The third-order valence-electron chi connectivity index (χ3n) is 3.95. The molecule has 4 nitrogen and oxygen atoms in total. The van der Waals surface area contributed by atoms with Gasteiger partial charge >= 0.3 is 5.97 Å². The maximum Gasteiger partial charge on any atom is 0.311 e. The van der Waals surface area contributed by atoms with Gasteiger partial charge in [-0.3, -0.25) is 9.59 Å². The molecular weight excluding hydrogens is 254 g/mol. The highest BCUT2D eigenvalue weighted by Gasteiger charge is 2.27. The Morgan fingerprint density at radius 1 is 1.20 bits per heavy atom. The number of rotatable bonds is 4. The number of nitrogens with zero attached hydrogens (tertiary/aromatic N) is 1. The first-order chi connectivity index (χ1) is 9.59. The predicted molar refractivity (Wildman–Crippen MR) is 76.6 cm³/mol. The average Bonchev–Trinajstić information content (AvgIpc) is 2.46. The molecule has 0 saturated carbocycles. The molecule has 0 aromatic heterocycles. The van der Waals surface area contributed by atoms with E-state index < -0.39 is 11.9 Å². The number of carbonyl (C=O) groups excluding carboxylic acids is 1. The Morgan fingerprint density at radius 2 is 1.85 bits per heavy atom. The van der Waals surface area contributed by atoms with Gasteiger partial charge in [0, 0.05) is 19.5 Å². The lowest BCUT2D eigenvalue weighted by Crippen LogP contribution is -2.37. The number of hydrogen-bond acceptors (Lipinski definition) is 2. The van der Waals surface area contributed by atoms with Gasteiger partial charge in [-0.1, -0.05) is 24.3 Å². The van der Waals surface area contributed by atoms with Crippen LogP contribution in [0.3, 0.4) is 0 Å². The monoisotopic (exact) mass is 275 g/mol. The van der Waals surface area contributed by atoms with Gasteiger partial charge in [0.25, 0.3) is 0 Å². The van der Waals surface area contributed by atoms with E-state index in [1.165, 1.54) is 0 Å². The Morgan fingerprint density at radius 3 is 2.45 bits per heavy atom. The van der Waals surface area contributed by atoms with Crippen LogP contribution in [0.25, 0.3) is 0 Å². The van der Waals surface area contributed by atoms with Gasteiger partial charge in [-0.15, -0.1) is 0 Å². The molecule has 2 rings (SSSR count). The second-order valence-corrected chi connectivity index (χ2v) is 5.39. The molecule has 1 fully saturated rings. The van der Waals surface area contributed by atoms with Crippen LogP contribution in [0.5, 0.6) is 0 Å². The normalized spacial score (nSPS) is 16.8. The molecule has 1 heterocycles. The Hall–Kier alpha value is -1.84. The number of carboxylic acids is 1. The Labute approximate surface area is 119 Å². The molecule has 0 radical (unpaired) electrons. The number of amides is 1. The van der Waals surface area contributed by atoms with Crippen LogP contribution in [0.1, 0.15) is 42.7 Å². The van der Waals surface area contributed by atoms with E-state index in [1.807, 2.05) is 25.1 Å². The van der Waals surface area contributed by atoms with E-state index in [2.05, 4.69) is 0 Å². The Balaban J connectivity index is 2.12. The van der Waals surface area contributed by atoms with E-state index in [0.29, 0.717) is 0 Å². The van der Waals surface area contributed by atoms with Gasteiger partial charge in [-0.25, -0.2) is 0 Å². The molecule has 0 spiro atoms. The highest BCUT2D eigenvalue weighted by molar-refractivity contribution is 5.86. The third-order valence-corrected chi connectivity index (χ3v) is 3.95. The Bertz CT molecular complexity index is 492. The van der Waals surface area contributed by atoms with Crippen molar-refractivity contribution in [2.75, 3.05) is 13.1 Å². The summed E-state index contributed by atoms with van der Waals surface area (Å²) < 4.78 is 0. The maximum atomic E-state index is 12.3. The molecule has 108 valence electrons. The van der Waals surface area contributed by atoms with Gasteiger partial charge in [0.05, 0.1) is 5.92 Å². The summed E-state index contributed by atoms with van der Waals surface area (Å²) in [5.74, 6) is -1.71. The fourth-order valence-corrected chi connectivity index (χ4v) is 2.76. The van der Waals surface area contributed by atoms with E-state index in [4.69, 9.17) is 0 Å². The molecule has 1 saturated heterocycles. The van der Waals surface area contributed by atoms with Crippen molar-refractivity contribution >= 4 is 11.9 Å². The SMILES string of the molecule is Cc1ccccc1C(CC(=O)N1CCCCC1)C(=O)O. The molecular formula is C16H21NO3. The van der Waals surface area contributed by atoms with Crippen molar-refractivity contribution in [3.05, 3.63) is 35.4 Å². The topological polar surface area (TPSA) is 57.6 Å². The van der Waals surface area contributed by atoms with Crippen molar-refractivity contribution < 1.29 is 14.7 Å². The van der Waals surface area contributed by atoms with E-state index in [9.17, 15) is 14.7 Å². The van der Waals surface area contributed by atoms with Crippen molar-refractivity contribution in [2.24, 2.45) is 0 Å². The van der Waals surface area contributed by atoms with Crippen LogP contribution in [-0.2, 0) is 9.59 Å². The number of piperidine rings is 1. The summed E-state index contributed by atoms with van der Waals surface area (Å²) >= 11 is 0. The van der Waals surface area contributed by atoms with Gasteiger partial charge in [-0.05, 0) is 37.3 Å². The second-order valence-electron chi connectivity index (χ2n) is 5.39. The molecule has 1 aliphatic rings. The summed E-state index contributed by atoms with van der Waals surface area (Å²) in [6.45, 7) is 3.41. The highest BCUT2D eigenvalue weighted by Crippen LogP contribution is 2.25. The molecule has 1 aromatic carbocycles. The summed E-state index contributed by atoms with van der Waals surface area (Å²) in [5.41, 5.74) is 1.66. The zero-order chi connectivity index (χ0) is 14.5. The van der Waals surface area contributed by atoms with Gasteiger partial charge in [0.15, 0.2) is 0 Å². The smallest absolute Gasteiger partial charge is 0.311 e. The maximum absolute atomic E-state index is 12.3. The van der Waals surface area contributed by atoms with Crippen LogP contribution < -0.4 is 0 Å². The van der Waals surface area contributed by atoms with E-state index in [1.54, 1.807) is 11.0 Å². The van der Waals surface area contributed by atoms with Gasteiger partial charge < -0.3 is 10.0 Å². The molecule has 1 N–H and O–H groups in total. The van der Waals surface area contributed by atoms with Crippen molar-refractivity contribution in [3.63, 3.8) is 0 Å².